The number of nitrogens with one attached hydrogen (secondary N) is 1. The summed E-state index contributed by atoms with van der Waals surface area (Å²) in [6.45, 7) is 2.31. The highest BCUT2D eigenvalue weighted by molar-refractivity contribution is 5.75. The third-order valence-electron chi connectivity index (χ3n) is 10.5. The molecule has 2 bridgehead atoms. The van der Waals surface area contributed by atoms with Crippen molar-refractivity contribution in [3.63, 3.8) is 0 Å². The lowest BCUT2D eigenvalue weighted by atomic mass is 9.69. The Balaban J connectivity index is 1.13. The monoisotopic (exact) mass is 587 g/mol. The van der Waals surface area contributed by atoms with Crippen LogP contribution in [0.2, 0.25) is 0 Å². The summed E-state index contributed by atoms with van der Waals surface area (Å²) in [7, 11) is 0. The summed E-state index contributed by atoms with van der Waals surface area (Å²) in [5.74, 6) is 1.07. The number of benzene rings is 2. The molecule has 7 nitrogen and oxygen atoms in total. The summed E-state index contributed by atoms with van der Waals surface area (Å²) >= 11 is 0. The molecule has 2 aromatic carbocycles. The lowest BCUT2D eigenvalue weighted by Gasteiger charge is -2.49. The van der Waals surface area contributed by atoms with Crippen molar-refractivity contribution in [3.8, 4) is 11.3 Å². The molecule has 1 aliphatic carbocycles. The van der Waals surface area contributed by atoms with Gasteiger partial charge in [0, 0.05) is 56.3 Å². The fourth-order valence-corrected chi connectivity index (χ4v) is 8.39. The van der Waals surface area contributed by atoms with Crippen LogP contribution in [0.25, 0.3) is 11.3 Å². The quantitative estimate of drug-likeness (QED) is 0.427. The number of carbonyl (C=O) groups is 1. The highest BCUT2D eigenvalue weighted by Crippen LogP contribution is 2.56. The number of nitrogens with zero attached hydrogens (tertiary/aromatic N) is 4. The zero-order chi connectivity index (χ0) is 29.6. The number of hydrogen-bond donors (Lipinski definition) is 1. The lowest BCUT2D eigenvalue weighted by molar-refractivity contribution is 0.0228. The minimum absolute atomic E-state index is 0.00195. The molecule has 1 spiro atoms. The van der Waals surface area contributed by atoms with Gasteiger partial charge in [0.05, 0.1) is 11.7 Å². The van der Waals surface area contributed by atoms with E-state index in [1.807, 2.05) is 50.8 Å². The number of piperidine rings is 2. The second kappa shape index (κ2) is 11.5. The highest BCUT2D eigenvalue weighted by atomic mass is 19.1. The molecule has 4 heterocycles. The predicted octanol–water partition coefficient (Wildman–Crippen LogP) is 5.52. The van der Waals surface area contributed by atoms with Gasteiger partial charge >= 0.3 is 6.03 Å². The van der Waals surface area contributed by atoms with E-state index in [0.717, 1.165) is 54.7 Å². The van der Waals surface area contributed by atoms with Crippen molar-refractivity contribution < 1.29 is 13.6 Å². The van der Waals surface area contributed by atoms with E-state index in [9.17, 15) is 18.4 Å². The third-order valence-corrected chi connectivity index (χ3v) is 10.5. The van der Waals surface area contributed by atoms with Crippen LogP contribution in [0.15, 0.2) is 65.5 Å². The Morgan fingerprint density at radius 1 is 1.05 bits per heavy atom. The summed E-state index contributed by atoms with van der Waals surface area (Å²) in [5.41, 5.74) is 2.41. The fraction of sp³-hybridized carbons (Fsp3) is 0.500. The van der Waals surface area contributed by atoms with Crippen LogP contribution in [0.4, 0.5) is 13.6 Å². The summed E-state index contributed by atoms with van der Waals surface area (Å²) in [5, 5.41) is 3.26. The van der Waals surface area contributed by atoms with Gasteiger partial charge in [0.25, 0.3) is 5.56 Å². The van der Waals surface area contributed by atoms with Gasteiger partial charge in [-0.25, -0.2) is 18.6 Å². The molecule has 5 atom stereocenters. The van der Waals surface area contributed by atoms with Crippen molar-refractivity contribution in [2.75, 3.05) is 32.9 Å². The molecule has 1 N–H and O–H groups in total. The van der Waals surface area contributed by atoms with Gasteiger partial charge in [0.1, 0.15) is 18.3 Å². The largest absolute Gasteiger partial charge is 0.324 e. The Labute approximate surface area is 250 Å². The number of likely N-dealkylation sites (tertiary alicyclic amines) is 2. The number of carbonyl (C=O) groups excluding carboxylic acids is 1. The minimum atomic E-state index is -0.444. The number of aromatic nitrogens is 2. The third kappa shape index (κ3) is 5.26. The van der Waals surface area contributed by atoms with Crippen molar-refractivity contribution in [1.29, 1.82) is 0 Å². The van der Waals surface area contributed by atoms with Crippen LogP contribution in [0.1, 0.15) is 61.9 Å². The van der Waals surface area contributed by atoms with Crippen molar-refractivity contribution in [3.05, 3.63) is 88.2 Å². The minimum Gasteiger partial charge on any atom is -0.324 e. The van der Waals surface area contributed by atoms with Crippen molar-refractivity contribution in [2.24, 2.45) is 11.3 Å². The van der Waals surface area contributed by atoms with E-state index in [1.165, 1.54) is 12.1 Å². The molecular weight excluding hydrogens is 548 g/mol. The van der Waals surface area contributed by atoms with E-state index < -0.39 is 6.67 Å². The maximum atomic E-state index is 14.3. The molecule has 3 aromatic rings. The SMILES string of the molecule is O=C(N1CC[C@H]2Cn3c(nc(-c4ccccc4)cc3=O)C3CCC2(C3)C1)N1CC[C@@H](NCCF)C[C@H]1c1cccc(F)c1. The lowest BCUT2D eigenvalue weighted by Crippen LogP contribution is -2.57. The Morgan fingerprint density at radius 2 is 1.91 bits per heavy atom. The van der Waals surface area contributed by atoms with Gasteiger partial charge < -0.3 is 15.1 Å². The van der Waals surface area contributed by atoms with E-state index in [0.29, 0.717) is 38.5 Å². The average molecular weight is 588 g/mol. The van der Waals surface area contributed by atoms with Crippen molar-refractivity contribution >= 4 is 6.03 Å². The molecular formula is C34H39F2N5O2. The van der Waals surface area contributed by atoms with Crippen LogP contribution in [-0.2, 0) is 6.54 Å². The maximum Gasteiger partial charge on any atom is 0.320 e. The predicted molar refractivity (Wildman–Crippen MR) is 161 cm³/mol. The van der Waals surface area contributed by atoms with Crippen LogP contribution in [0.5, 0.6) is 0 Å². The Kier molecular flexibility index (Phi) is 7.53. The number of urea groups is 1. The fourth-order valence-electron chi connectivity index (χ4n) is 8.39. The Hall–Kier alpha value is -3.59. The van der Waals surface area contributed by atoms with Gasteiger partial charge in [0.15, 0.2) is 0 Å². The maximum absolute atomic E-state index is 14.3. The smallest absolute Gasteiger partial charge is 0.320 e. The molecule has 9 heteroatoms. The first kappa shape index (κ1) is 28.2. The molecule has 226 valence electrons. The molecule has 3 aliphatic heterocycles. The first-order valence-electron chi connectivity index (χ1n) is 15.7. The molecule has 7 rings (SSSR count). The average Bonchev–Trinajstić information content (AvgIpc) is 3.38. The molecule has 1 saturated carbocycles. The topological polar surface area (TPSA) is 70.5 Å². The summed E-state index contributed by atoms with van der Waals surface area (Å²) in [4.78, 5) is 36.7. The number of alkyl halides is 1. The van der Waals surface area contributed by atoms with Crippen LogP contribution in [0.3, 0.4) is 0 Å². The zero-order valence-electron chi connectivity index (χ0n) is 24.4. The number of fused-ring (bicyclic) bond motifs is 3. The van der Waals surface area contributed by atoms with Crippen LogP contribution < -0.4 is 10.9 Å². The van der Waals surface area contributed by atoms with Crippen molar-refractivity contribution in [2.45, 2.75) is 63.1 Å². The summed E-state index contributed by atoms with van der Waals surface area (Å²) in [6.07, 6.45) is 5.08. The van der Waals surface area contributed by atoms with Gasteiger partial charge in [-0.1, -0.05) is 42.5 Å². The first-order valence-corrected chi connectivity index (χ1v) is 15.7. The van der Waals surface area contributed by atoms with E-state index in [4.69, 9.17) is 4.98 Å². The van der Waals surface area contributed by atoms with Gasteiger partial charge in [0.2, 0.25) is 0 Å². The first-order chi connectivity index (χ1) is 20.9. The zero-order valence-corrected chi connectivity index (χ0v) is 24.4. The molecule has 3 fully saturated rings. The van der Waals surface area contributed by atoms with Gasteiger partial charge in [-0.3, -0.25) is 9.36 Å². The Morgan fingerprint density at radius 3 is 2.72 bits per heavy atom. The van der Waals surface area contributed by atoms with Gasteiger partial charge in [-0.05, 0) is 67.6 Å². The van der Waals surface area contributed by atoms with Crippen LogP contribution >= 0.6 is 0 Å². The highest BCUT2D eigenvalue weighted by Gasteiger charge is 2.53. The Bertz CT molecular complexity index is 1550. The van der Waals surface area contributed by atoms with Crippen LogP contribution in [0, 0.1) is 17.2 Å². The number of rotatable bonds is 5. The normalized spacial score (nSPS) is 28.2. The van der Waals surface area contributed by atoms with Gasteiger partial charge in [-0.15, -0.1) is 0 Å². The number of amides is 2. The van der Waals surface area contributed by atoms with E-state index in [2.05, 4.69) is 5.32 Å². The van der Waals surface area contributed by atoms with E-state index in [1.54, 1.807) is 12.1 Å². The summed E-state index contributed by atoms with van der Waals surface area (Å²) < 4.78 is 29.1. The molecule has 2 unspecified atom stereocenters. The molecule has 1 aromatic heterocycles. The van der Waals surface area contributed by atoms with E-state index in [-0.39, 0.29) is 47.4 Å². The molecule has 4 aliphatic rings. The standard InChI is InChI=1S/C34H39F2N5O2/c35-13-14-37-28-11-16-40(30(18-28)24-7-4-8-27(36)17-24)33(43)39-15-10-26-21-41-31(42)19-29(23-5-2-1-3-6-23)38-32(41)25-9-12-34(26,20-25)22-39/h1-8,17,19,25-26,28,30,37H,9-16,18,20-22H2/t25?,26-,28+,30-,34?/m0/s1. The molecule has 0 radical (unpaired) electrons. The molecule has 2 amide bonds. The number of hydrogen-bond acceptors (Lipinski definition) is 4. The van der Waals surface area contributed by atoms with E-state index >= 15 is 0 Å². The molecule has 43 heavy (non-hydrogen) atoms. The number of halogens is 2. The second-order valence-corrected chi connectivity index (χ2v) is 12.9. The molecule has 2 saturated heterocycles. The van der Waals surface area contributed by atoms with Crippen LogP contribution in [-0.4, -0.2) is 64.3 Å². The summed E-state index contributed by atoms with van der Waals surface area (Å²) in [6, 6.07) is 17.9. The van der Waals surface area contributed by atoms with Crippen molar-refractivity contribution in [1.82, 2.24) is 24.7 Å². The second-order valence-electron chi connectivity index (χ2n) is 12.9. The van der Waals surface area contributed by atoms with Gasteiger partial charge in [-0.2, -0.15) is 0 Å².